The van der Waals surface area contributed by atoms with Crippen LogP contribution < -0.4 is 5.32 Å². The van der Waals surface area contributed by atoms with E-state index in [-0.39, 0.29) is 12.8 Å². The highest BCUT2D eigenvalue weighted by molar-refractivity contribution is 5.80. The molecule has 466 valence electrons. The number of rotatable bonds is 59. The SMILES string of the molecule is CCCCCCCCCCC/C=C\C/C=C\CCCCCCCCC(O)C(=O)NC(COC1OC(CO)C(O)C(O)C1O)C(O)C(O)CCC/C=C/CCCCCCCCCCCCCCCCCCCCCCCCCCC. The predicted molar refractivity (Wildman–Crippen MR) is 330 cm³/mol. The van der Waals surface area contributed by atoms with E-state index in [0.717, 1.165) is 64.2 Å². The first kappa shape index (κ1) is 75.3. The van der Waals surface area contributed by atoms with Gasteiger partial charge in [-0.25, -0.2) is 0 Å². The first-order valence-electron chi connectivity index (χ1n) is 33.9. The topological polar surface area (TPSA) is 189 Å². The third-order valence-electron chi connectivity index (χ3n) is 16.4. The van der Waals surface area contributed by atoms with Gasteiger partial charge in [0.15, 0.2) is 6.29 Å². The van der Waals surface area contributed by atoms with Gasteiger partial charge in [-0.1, -0.05) is 288 Å². The number of carbonyl (C=O) groups excluding carboxylic acids is 1. The molecule has 0 aromatic heterocycles. The molecule has 79 heavy (non-hydrogen) atoms. The van der Waals surface area contributed by atoms with Crippen LogP contribution in [0.3, 0.4) is 0 Å². The fourth-order valence-corrected chi connectivity index (χ4v) is 10.9. The first-order valence-corrected chi connectivity index (χ1v) is 33.9. The highest BCUT2D eigenvalue weighted by Crippen LogP contribution is 2.24. The molecule has 0 spiro atoms. The molecule has 1 fully saturated rings. The van der Waals surface area contributed by atoms with Crippen LogP contribution >= 0.6 is 0 Å². The summed E-state index contributed by atoms with van der Waals surface area (Å²) in [4.78, 5) is 13.2. The third kappa shape index (κ3) is 44.5. The van der Waals surface area contributed by atoms with Gasteiger partial charge in [0.25, 0.3) is 0 Å². The molecule has 1 saturated heterocycles. The second kappa shape index (κ2) is 56.8. The van der Waals surface area contributed by atoms with E-state index in [1.165, 1.54) is 218 Å². The van der Waals surface area contributed by atoms with Gasteiger partial charge in [0.1, 0.15) is 36.6 Å². The second-order valence-electron chi connectivity index (χ2n) is 23.9. The summed E-state index contributed by atoms with van der Waals surface area (Å²) in [6.07, 6.45) is 60.8. The maximum absolute atomic E-state index is 13.2. The van der Waals surface area contributed by atoms with Crippen molar-refractivity contribution in [1.82, 2.24) is 5.32 Å². The normalized spacial score (nSPS) is 19.5. The van der Waals surface area contributed by atoms with Crippen molar-refractivity contribution >= 4 is 5.91 Å². The molecule has 11 heteroatoms. The quantitative estimate of drug-likeness (QED) is 0.0215. The molecule has 11 nitrogen and oxygen atoms in total. The molecular formula is C68H129NO10. The number of amides is 1. The van der Waals surface area contributed by atoms with E-state index < -0.39 is 74.2 Å². The van der Waals surface area contributed by atoms with Crippen molar-refractivity contribution < 1.29 is 50.0 Å². The van der Waals surface area contributed by atoms with E-state index in [4.69, 9.17) is 9.47 Å². The Bertz CT molecular complexity index is 1380. The molecule has 1 aliphatic rings. The Balaban J connectivity index is 2.24. The number of unbranched alkanes of at least 4 members (excludes halogenated alkanes) is 41. The summed E-state index contributed by atoms with van der Waals surface area (Å²) >= 11 is 0. The van der Waals surface area contributed by atoms with E-state index in [9.17, 15) is 40.5 Å². The molecule has 1 rings (SSSR count). The standard InChI is InChI=1S/C68H129NO10/c1-3-5-7-9-11-13-15-17-19-21-23-25-27-28-29-30-31-32-33-34-36-37-39-41-43-45-47-49-51-53-55-60(71)63(73)59(58-78-68-66(76)65(75)64(74)62(57-70)79-68)69-67(77)61(72)56-54-52-50-48-46-44-42-40-38-35-26-24-22-20-18-16-14-12-10-8-6-4-2/h24,26,38,40,47,49,59-66,68,70-76H,3-23,25,27-37,39,41-46,48,50-58H2,1-2H3,(H,69,77)/b26-24-,40-38-,49-47+. The number of allylic oxidation sites excluding steroid dienone is 6. The van der Waals surface area contributed by atoms with Crippen molar-refractivity contribution in [3.63, 3.8) is 0 Å². The lowest BCUT2D eigenvalue weighted by Crippen LogP contribution is -2.60. The number of carbonyl (C=O) groups is 1. The van der Waals surface area contributed by atoms with Crippen molar-refractivity contribution in [2.24, 2.45) is 0 Å². The van der Waals surface area contributed by atoms with Gasteiger partial charge in [0, 0.05) is 0 Å². The number of nitrogens with one attached hydrogen (secondary N) is 1. The molecule has 0 radical (unpaired) electrons. The molecular weight excluding hydrogens is 991 g/mol. The average molecular weight is 1120 g/mol. The molecule has 0 saturated carbocycles. The molecule has 9 unspecified atom stereocenters. The fourth-order valence-electron chi connectivity index (χ4n) is 10.9. The first-order chi connectivity index (χ1) is 38.7. The van der Waals surface area contributed by atoms with Crippen molar-refractivity contribution in [3.8, 4) is 0 Å². The highest BCUT2D eigenvalue weighted by Gasteiger charge is 2.44. The maximum atomic E-state index is 13.2. The van der Waals surface area contributed by atoms with Crippen molar-refractivity contribution in [2.75, 3.05) is 13.2 Å². The van der Waals surface area contributed by atoms with E-state index in [1.54, 1.807) is 0 Å². The Morgan fingerprint density at radius 1 is 0.443 bits per heavy atom. The van der Waals surface area contributed by atoms with Gasteiger partial charge in [0.05, 0.1) is 25.4 Å². The number of hydrogen-bond acceptors (Lipinski definition) is 10. The van der Waals surface area contributed by atoms with Crippen LogP contribution in [-0.4, -0.2) is 110 Å². The summed E-state index contributed by atoms with van der Waals surface area (Å²) in [7, 11) is 0. The lowest BCUT2D eigenvalue weighted by atomic mass is 9.98. The van der Waals surface area contributed by atoms with Crippen LogP contribution in [0.5, 0.6) is 0 Å². The minimum atomic E-state index is -1.67. The Morgan fingerprint density at radius 2 is 0.785 bits per heavy atom. The van der Waals surface area contributed by atoms with E-state index in [0.29, 0.717) is 12.8 Å². The Morgan fingerprint density at radius 3 is 1.16 bits per heavy atom. The molecule has 9 atom stereocenters. The summed E-state index contributed by atoms with van der Waals surface area (Å²) in [6, 6.07) is -1.19. The molecule has 8 N–H and O–H groups in total. The van der Waals surface area contributed by atoms with Crippen LogP contribution in [0.1, 0.15) is 322 Å². The summed E-state index contributed by atoms with van der Waals surface area (Å²) in [6.45, 7) is 3.48. The Kier molecular flexibility index (Phi) is 54.2. The van der Waals surface area contributed by atoms with Crippen molar-refractivity contribution in [2.45, 2.75) is 377 Å². The predicted octanol–water partition coefficient (Wildman–Crippen LogP) is 15.8. The van der Waals surface area contributed by atoms with Gasteiger partial charge in [-0.15, -0.1) is 0 Å². The second-order valence-corrected chi connectivity index (χ2v) is 23.9. The van der Waals surface area contributed by atoms with Gasteiger partial charge >= 0.3 is 0 Å². The lowest BCUT2D eigenvalue weighted by Gasteiger charge is -2.40. The third-order valence-corrected chi connectivity index (χ3v) is 16.4. The summed E-state index contributed by atoms with van der Waals surface area (Å²) < 4.78 is 11.2. The van der Waals surface area contributed by atoms with Crippen LogP contribution in [0.4, 0.5) is 0 Å². The maximum Gasteiger partial charge on any atom is 0.249 e. The molecule has 1 amide bonds. The molecule has 0 aliphatic carbocycles. The Hall–Kier alpha value is -1.67. The van der Waals surface area contributed by atoms with Crippen LogP contribution in [0, 0.1) is 0 Å². The molecule has 1 heterocycles. The van der Waals surface area contributed by atoms with E-state index in [1.807, 2.05) is 0 Å². The van der Waals surface area contributed by atoms with Crippen LogP contribution in [0.2, 0.25) is 0 Å². The van der Waals surface area contributed by atoms with E-state index >= 15 is 0 Å². The van der Waals surface area contributed by atoms with Crippen LogP contribution in [0.15, 0.2) is 36.5 Å². The highest BCUT2D eigenvalue weighted by atomic mass is 16.7. The number of hydrogen-bond donors (Lipinski definition) is 8. The molecule has 1 aliphatic heterocycles. The average Bonchev–Trinajstić information content (AvgIpc) is 3.46. The molecule has 0 bridgehead atoms. The van der Waals surface area contributed by atoms with Crippen LogP contribution in [0.25, 0.3) is 0 Å². The summed E-state index contributed by atoms with van der Waals surface area (Å²) in [5.74, 6) is -0.711. The Labute approximate surface area is 486 Å². The number of aliphatic hydroxyl groups excluding tert-OH is 7. The van der Waals surface area contributed by atoms with Gasteiger partial charge in [-0.05, 0) is 70.6 Å². The van der Waals surface area contributed by atoms with Gasteiger partial charge in [-0.2, -0.15) is 0 Å². The van der Waals surface area contributed by atoms with Gasteiger partial charge < -0.3 is 50.5 Å². The zero-order chi connectivity index (χ0) is 57.5. The van der Waals surface area contributed by atoms with Crippen molar-refractivity contribution in [1.29, 1.82) is 0 Å². The zero-order valence-electron chi connectivity index (χ0n) is 51.4. The lowest BCUT2D eigenvalue weighted by molar-refractivity contribution is -0.303. The fraction of sp³-hybridized carbons (Fsp3) is 0.897. The van der Waals surface area contributed by atoms with Crippen molar-refractivity contribution in [3.05, 3.63) is 36.5 Å². The molecule has 0 aromatic carbocycles. The van der Waals surface area contributed by atoms with Crippen LogP contribution in [-0.2, 0) is 14.3 Å². The summed E-state index contributed by atoms with van der Waals surface area (Å²) in [5, 5.41) is 76.4. The minimum Gasteiger partial charge on any atom is -0.394 e. The zero-order valence-corrected chi connectivity index (χ0v) is 51.4. The molecule has 0 aromatic rings. The van der Waals surface area contributed by atoms with Gasteiger partial charge in [0.2, 0.25) is 5.91 Å². The van der Waals surface area contributed by atoms with Gasteiger partial charge in [-0.3, -0.25) is 4.79 Å². The number of ether oxygens (including phenoxy) is 2. The number of aliphatic hydroxyl groups is 7. The summed E-state index contributed by atoms with van der Waals surface area (Å²) in [5.41, 5.74) is 0. The smallest absolute Gasteiger partial charge is 0.249 e. The largest absolute Gasteiger partial charge is 0.394 e. The van der Waals surface area contributed by atoms with E-state index in [2.05, 4.69) is 55.6 Å². The monoisotopic (exact) mass is 1120 g/mol. The minimum absolute atomic E-state index is 0.242.